The van der Waals surface area contributed by atoms with Crippen molar-refractivity contribution >= 4 is 29.2 Å². The van der Waals surface area contributed by atoms with Gasteiger partial charge in [-0.05, 0) is 18.1 Å². The minimum atomic E-state index is -1.15. The molecule has 0 aliphatic rings. The molecule has 0 bridgehead atoms. The summed E-state index contributed by atoms with van der Waals surface area (Å²) in [5.74, 6) is -1.24. The van der Waals surface area contributed by atoms with E-state index in [4.69, 9.17) is 21.4 Å². The van der Waals surface area contributed by atoms with E-state index in [9.17, 15) is 9.59 Å². The van der Waals surface area contributed by atoms with Crippen molar-refractivity contribution in [2.24, 2.45) is 5.41 Å². The molecular weight excluding hydrogens is 342 g/mol. The Kier molecular flexibility index (Phi) is 5.69. The Morgan fingerprint density at radius 1 is 1.20 bits per heavy atom. The molecule has 0 heterocycles. The zero-order chi connectivity index (χ0) is 18.6. The number of rotatable bonds is 6. The van der Waals surface area contributed by atoms with Crippen molar-refractivity contribution in [3.63, 3.8) is 0 Å². The van der Waals surface area contributed by atoms with Gasteiger partial charge in [-0.15, -0.1) is 0 Å². The summed E-state index contributed by atoms with van der Waals surface area (Å²) in [6.07, 6.45) is 0.557. The van der Waals surface area contributed by atoms with E-state index in [1.54, 1.807) is 0 Å². The molecule has 0 aromatic heterocycles. The summed E-state index contributed by atoms with van der Waals surface area (Å²) in [5, 5.41) is 12.1. The fraction of sp³-hybridized carbons (Fsp3) is 0.263. The van der Waals surface area contributed by atoms with Gasteiger partial charge in [0, 0.05) is 11.5 Å². The van der Waals surface area contributed by atoms with Gasteiger partial charge in [-0.25, -0.2) is 4.79 Å². The van der Waals surface area contributed by atoms with Gasteiger partial charge in [0.05, 0.1) is 17.8 Å². The standard InChI is InChI=1S/C19H20ClNO4/c1-19(2,11-12-7-5-4-6-8-12)18(24)21-15-10-16(25-3)13(17(22)23)9-14(15)20/h4-10H,11H2,1-3H3,(H,21,24)(H,22,23). The maximum Gasteiger partial charge on any atom is 0.339 e. The highest BCUT2D eigenvalue weighted by molar-refractivity contribution is 6.34. The molecule has 2 rings (SSSR count). The van der Waals surface area contributed by atoms with Gasteiger partial charge in [-0.3, -0.25) is 4.79 Å². The first-order valence-corrected chi connectivity index (χ1v) is 8.08. The van der Waals surface area contributed by atoms with Gasteiger partial charge in [0.15, 0.2) is 0 Å². The number of nitrogens with one attached hydrogen (secondary N) is 1. The highest BCUT2D eigenvalue weighted by Crippen LogP contribution is 2.33. The van der Waals surface area contributed by atoms with Crippen molar-refractivity contribution in [3.05, 3.63) is 58.6 Å². The van der Waals surface area contributed by atoms with Crippen molar-refractivity contribution in [2.75, 3.05) is 12.4 Å². The Morgan fingerprint density at radius 3 is 2.40 bits per heavy atom. The SMILES string of the molecule is COc1cc(NC(=O)C(C)(C)Cc2ccccc2)c(Cl)cc1C(=O)O. The predicted octanol–water partition coefficient (Wildman–Crippen LogP) is 4.25. The first-order chi connectivity index (χ1) is 11.7. The first kappa shape index (κ1) is 18.8. The van der Waals surface area contributed by atoms with E-state index in [0.29, 0.717) is 12.1 Å². The van der Waals surface area contributed by atoms with Crippen LogP contribution >= 0.6 is 11.6 Å². The zero-order valence-electron chi connectivity index (χ0n) is 14.3. The summed E-state index contributed by atoms with van der Waals surface area (Å²) >= 11 is 6.12. The van der Waals surface area contributed by atoms with Crippen molar-refractivity contribution < 1.29 is 19.4 Å². The number of hydrogen-bond donors (Lipinski definition) is 2. The Hall–Kier alpha value is -2.53. The molecule has 2 N–H and O–H groups in total. The van der Waals surface area contributed by atoms with Crippen LogP contribution in [0, 0.1) is 5.41 Å². The lowest BCUT2D eigenvalue weighted by molar-refractivity contribution is -0.123. The number of amides is 1. The Morgan fingerprint density at radius 2 is 1.84 bits per heavy atom. The molecule has 0 aliphatic heterocycles. The van der Waals surface area contributed by atoms with Gasteiger partial charge in [0.2, 0.25) is 5.91 Å². The Bertz CT molecular complexity index is 788. The largest absolute Gasteiger partial charge is 0.496 e. The molecule has 1 amide bonds. The lowest BCUT2D eigenvalue weighted by Gasteiger charge is -2.24. The molecule has 2 aromatic rings. The van der Waals surface area contributed by atoms with Crippen LogP contribution in [0.5, 0.6) is 5.75 Å². The van der Waals surface area contributed by atoms with E-state index < -0.39 is 11.4 Å². The second kappa shape index (κ2) is 7.57. The molecule has 5 nitrogen and oxygen atoms in total. The number of carboxylic acids is 1. The number of aromatic carboxylic acids is 1. The molecule has 0 radical (unpaired) electrons. The Labute approximate surface area is 151 Å². The van der Waals surface area contributed by atoms with E-state index in [0.717, 1.165) is 5.56 Å². The maximum atomic E-state index is 12.7. The molecule has 0 spiro atoms. The molecular formula is C19H20ClNO4. The molecule has 25 heavy (non-hydrogen) atoms. The third kappa shape index (κ3) is 4.51. The minimum Gasteiger partial charge on any atom is -0.496 e. The van der Waals surface area contributed by atoms with Crippen LogP contribution in [-0.2, 0) is 11.2 Å². The third-order valence-electron chi connectivity index (χ3n) is 3.87. The fourth-order valence-corrected chi connectivity index (χ4v) is 2.67. The van der Waals surface area contributed by atoms with Crippen LogP contribution in [-0.4, -0.2) is 24.1 Å². The van der Waals surface area contributed by atoms with E-state index in [2.05, 4.69) is 5.32 Å². The van der Waals surface area contributed by atoms with Crippen LogP contribution in [0.3, 0.4) is 0 Å². The summed E-state index contributed by atoms with van der Waals surface area (Å²) in [7, 11) is 1.36. The molecule has 132 valence electrons. The number of carbonyl (C=O) groups excluding carboxylic acids is 1. The summed E-state index contributed by atoms with van der Waals surface area (Å²) in [6.45, 7) is 3.68. The smallest absolute Gasteiger partial charge is 0.339 e. The second-order valence-electron chi connectivity index (χ2n) is 6.34. The average molecular weight is 362 g/mol. The van der Waals surface area contributed by atoms with E-state index in [1.165, 1.54) is 19.2 Å². The number of hydrogen-bond acceptors (Lipinski definition) is 3. The Balaban J connectivity index is 2.23. The summed E-state index contributed by atoms with van der Waals surface area (Å²) in [5.41, 5.74) is 0.625. The zero-order valence-corrected chi connectivity index (χ0v) is 15.1. The van der Waals surface area contributed by atoms with Crippen molar-refractivity contribution in [1.29, 1.82) is 0 Å². The van der Waals surface area contributed by atoms with Gasteiger partial charge in [-0.2, -0.15) is 0 Å². The topological polar surface area (TPSA) is 75.6 Å². The van der Waals surface area contributed by atoms with Crippen molar-refractivity contribution in [2.45, 2.75) is 20.3 Å². The highest BCUT2D eigenvalue weighted by Gasteiger charge is 2.29. The van der Waals surface area contributed by atoms with Crippen molar-refractivity contribution in [3.8, 4) is 5.75 Å². The molecule has 0 atom stereocenters. The highest BCUT2D eigenvalue weighted by atomic mass is 35.5. The number of ether oxygens (including phenoxy) is 1. The number of carboxylic acid groups (broad SMARTS) is 1. The fourth-order valence-electron chi connectivity index (χ4n) is 2.46. The first-order valence-electron chi connectivity index (χ1n) is 7.71. The number of halogens is 1. The average Bonchev–Trinajstić information content (AvgIpc) is 2.56. The van der Waals surface area contributed by atoms with Crippen LogP contribution in [0.2, 0.25) is 5.02 Å². The normalized spacial score (nSPS) is 11.0. The summed E-state index contributed by atoms with van der Waals surface area (Å²) < 4.78 is 5.07. The molecule has 0 saturated carbocycles. The molecule has 0 unspecified atom stereocenters. The number of carbonyl (C=O) groups is 2. The lowest BCUT2D eigenvalue weighted by atomic mass is 9.84. The number of anilines is 1. The molecule has 2 aromatic carbocycles. The van der Waals surface area contributed by atoms with Crippen LogP contribution in [0.4, 0.5) is 5.69 Å². The van der Waals surface area contributed by atoms with Gasteiger partial charge in [-0.1, -0.05) is 55.8 Å². The summed E-state index contributed by atoms with van der Waals surface area (Å²) in [4.78, 5) is 23.9. The van der Waals surface area contributed by atoms with Crippen LogP contribution in [0.1, 0.15) is 29.8 Å². The third-order valence-corrected chi connectivity index (χ3v) is 4.18. The maximum absolute atomic E-state index is 12.7. The van der Waals surface area contributed by atoms with Gasteiger partial charge in [0.1, 0.15) is 11.3 Å². The quantitative estimate of drug-likeness (QED) is 0.806. The minimum absolute atomic E-state index is 0.0611. The molecule has 0 aliphatic carbocycles. The van der Waals surface area contributed by atoms with Crippen molar-refractivity contribution in [1.82, 2.24) is 0 Å². The number of benzene rings is 2. The van der Waals surface area contributed by atoms with E-state index >= 15 is 0 Å². The van der Waals surface area contributed by atoms with Gasteiger partial charge in [0.25, 0.3) is 0 Å². The van der Waals surface area contributed by atoms with Gasteiger partial charge >= 0.3 is 5.97 Å². The van der Waals surface area contributed by atoms with E-state index in [-0.39, 0.29) is 22.2 Å². The monoisotopic (exact) mass is 361 g/mol. The van der Waals surface area contributed by atoms with Crippen LogP contribution in [0.15, 0.2) is 42.5 Å². The second-order valence-corrected chi connectivity index (χ2v) is 6.75. The molecule has 0 saturated heterocycles. The lowest BCUT2D eigenvalue weighted by Crippen LogP contribution is -2.32. The van der Waals surface area contributed by atoms with E-state index in [1.807, 2.05) is 44.2 Å². The number of methoxy groups -OCH3 is 1. The molecule has 6 heteroatoms. The van der Waals surface area contributed by atoms with Gasteiger partial charge < -0.3 is 15.2 Å². The van der Waals surface area contributed by atoms with Crippen LogP contribution in [0.25, 0.3) is 0 Å². The van der Waals surface area contributed by atoms with Crippen LogP contribution < -0.4 is 10.1 Å². The molecule has 0 fully saturated rings. The summed E-state index contributed by atoms with van der Waals surface area (Å²) in [6, 6.07) is 12.4. The predicted molar refractivity (Wildman–Crippen MR) is 97.5 cm³/mol.